The van der Waals surface area contributed by atoms with E-state index in [1.807, 2.05) is 20.0 Å². The van der Waals surface area contributed by atoms with E-state index in [1.165, 1.54) is 12.8 Å². The van der Waals surface area contributed by atoms with Crippen LogP contribution in [-0.4, -0.2) is 43.2 Å². The van der Waals surface area contributed by atoms with Crippen molar-refractivity contribution in [3.63, 3.8) is 0 Å². The molecule has 1 aliphatic rings. The van der Waals surface area contributed by atoms with Crippen LogP contribution in [0.1, 0.15) is 18.7 Å². The average molecular weight is 235 g/mol. The van der Waals surface area contributed by atoms with Gasteiger partial charge in [0, 0.05) is 32.7 Å². The summed E-state index contributed by atoms with van der Waals surface area (Å²) >= 11 is 0. The van der Waals surface area contributed by atoms with E-state index in [4.69, 9.17) is 0 Å². The van der Waals surface area contributed by atoms with Crippen molar-refractivity contribution in [3.8, 4) is 0 Å². The third-order valence-electron chi connectivity index (χ3n) is 3.26. The maximum Gasteiger partial charge on any atom is 0.134 e. The first-order valence-corrected chi connectivity index (χ1v) is 6.17. The van der Waals surface area contributed by atoms with E-state index in [0.29, 0.717) is 6.04 Å². The highest BCUT2D eigenvalue weighted by molar-refractivity contribution is 5.49. The lowest BCUT2D eigenvalue weighted by Crippen LogP contribution is -2.44. The van der Waals surface area contributed by atoms with Crippen molar-refractivity contribution in [1.82, 2.24) is 15.3 Å². The van der Waals surface area contributed by atoms with Crippen LogP contribution in [0, 0.1) is 6.92 Å². The van der Waals surface area contributed by atoms with E-state index >= 15 is 0 Å². The molecule has 1 saturated heterocycles. The van der Waals surface area contributed by atoms with Gasteiger partial charge < -0.3 is 15.5 Å². The van der Waals surface area contributed by atoms with Crippen LogP contribution in [-0.2, 0) is 0 Å². The van der Waals surface area contributed by atoms with Crippen molar-refractivity contribution in [1.29, 1.82) is 0 Å². The molecule has 94 valence electrons. The highest BCUT2D eigenvalue weighted by Gasteiger charge is 2.19. The SMILES string of the molecule is CNc1cc(N(C)C2CCCNC2)nc(C)n1. The minimum Gasteiger partial charge on any atom is -0.373 e. The molecule has 1 unspecified atom stereocenters. The smallest absolute Gasteiger partial charge is 0.134 e. The Balaban J connectivity index is 2.17. The van der Waals surface area contributed by atoms with Gasteiger partial charge in [-0.3, -0.25) is 0 Å². The largest absolute Gasteiger partial charge is 0.373 e. The number of aromatic nitrogens is 2. The van der Waals surface area contributed by atoms with Crippen molar-refractivity contribution < 1.29 is 0 Å². The summed E-state index contributed by atoms with van der Waals surface area (Å²) < 4.78 is 0. The van der Waals surface area contributed by atoms with Crippen LogP contribution in [0.2, 0.25) is 0 Å². The minimum atomic E-state index is 0.530. The Kier molecular flexibility index (Phi) is 3.78. The van der Waals surface area contributed by atoms with Crippen LogP contribution in [0.4, 0.5) is 11.6 Å². The zero-order chi connectivity index (χ0) is 12.3. The van der Waals surface area contributed by atoms with Gasteiger partial charge >= 0.3 is 0 Å². The van der Waals surface area contributed by atoms with Gasteiger partial charge in [-0.25, -0.2) is 9.97 Å². The van der Waals surface area contributed by atoms with Gasteiger partial charge in [-0.1, -0.05) is 0 Å². The molecule has 2 heterocycles. The second-order valence-electron chi connectivity index (χ2n) is 4.52. The summed E-state index contributed by atoms with van der Waals surface area (Å²) in [6.45, 7) is 4.10. The van der Waals surface area contributed by atoms with E-state index in [2.05, 4.69) is 32.5 Å². The summed E-state index contributed by atoms with van der Waals surface area (Å²) in [7, 11) is 3.99. The Morgan fingerprint density at radius 2 is 2.29 bits per heavy atom. The molecule has 0 radical (unpaired) electrons. The number of likely N-dealkylation sites (N-methyl/N-ethyl adjacent to an activating group) is 1. The first kappa shape index (κ1) is 12.1. The number of hydrogen-bond acceptors (Lipinski definition) is 5. The van der Waals surface area contributed by atoms with E-state index in [-0.39, 0.29) is 0 Å². The molecular formula is C12H21N5. The second-order valence-corrected chi connectivity index (χ2v) is 4.52. The molecule has 5 heteroatoms. The van der Waals surface area contributed by atoms with E-state index in [9.17, 15) is 0 Å². The maximum atomic E-state index is 4.50. The highest BCUT2D eigenvalue weighted by Crippen LogP contribution is 2.19. The average Bonchev–Trinajstić information content (AvgIpc) is 2.38. The van der Waals surface area contributed by atoms with Gasteiger partial charge in [-0.05, 0) is 26.3 Å². The molecule has 0 spiro atoms. The molecule has 1 atom stereocenters. The number of aryl methyl sites for hydroxylation is 1. The lowest BCUT2D eigenvalue weighted by atomic mass is 10.1. The molecule has 2 N–H and O–H groups in total. The van der Waals surface area contributed by atoms with Crippen molar-refractivity contribution in [2.75, 3.05) is 37.4 Å². The standard InChI is InChI=1S/C12H21N5/c1-9-15-11(13-2)7-12(16-9)17(3)10-5-4-6-14-8-10/h7,10,14H,4-6,8H2,1-3H3,(H,13,15,16). The molecule has 1 aliphatic heterocycles. The van der Waals surface area contributed by atoms with Crippen molar-refractivity contribution in [3.05, 3.63) is 11.9 Å². The number of hydrogen-bond donors (Lipinski definition) is 2. The third-order valence-corrected chi connectivity index (χ3v) is 3.26. The molecule has 1 fully saturated rings. The van der Waals surface area contributed by atoms with Crippen molar-refractivity contribution in [2.24, 2.45) is 0 Å². The molecule has 5 nitrogen and oxygen atoms in total. The zero-order valence-corrected chi connectivity index (χ0v) is 10.8. The first-order chi connectivity index (χ1) is 8.20. The molecule has 1 aromatic heterocycles. The van der Waals surface area contributed by atoms with Gasteiger partial charge in [0.2, 0.25) is 0 Å². The Bertz CT molecular complexity index is 373. The van der Waals surface area contributed by atoms with Crippen LogP contribution in [0.15, 0.2) is 6.07 Å². The monoisotopic (exact) mass is 235 g/mol. The number of anilines is 2. The van der Waals surface area contributed by atoms with Crippen LogP contribution < -0.4 is 15.5 Å². The summed E-state index contributed by atoms with van der Waals surface area (Å²) in [5, 5.41) is 6.50. The van der Waals surface area contributed by atoms with Gasteiger partial charge in [0.15, 0.2) is 0 Å². The molecule has 2 rings (SSSR count). The highest BCUT2D eigenvalue weighted by atomic mass is 15.2. The number of piperidine rings is 1. The Hall–Kier alpha value is -1.36. The summed E-state index contributed by atoms with van der Waals surface area (Å²) in [6, 6.07) is 2.53. The molecule has 0 saturated carbocycles. The summed E-state index contributed by atoms with van der Waals surface area (Å²) in [6.07, 6.45) is 2.46. The van der Waals surface area contributed by atoms with Gasteiger partial charge in [0.1, 0.15) is 17.5 Å². The fourth-order valence-corrected chi connectivity index (χ4v) is 2.21. The molecule has 0 aliphatic carbocycles. The zero-order valence-electron chi connectivity index (χ0n) is 10.8. The number of nitrogens with zero attached hydrogens (tertiary/aromatic N) is 3. The van der Waals surface area contributed by atoms with Crippen molar-refractivity contribution >= 4 is 11.6 Å². The predicted molar refractivity (Wildman–Crippen MR) is 70.6 cm³/mol. The maximum absolute atomic E-state index is 4.50. The summed E-state index contributed by atoms with van der Waals surface area (Å²) in [5.41, 5.74) is 0. The van der Waals surface area contributed by atoms with Crippen LogP contribution >= 0.6 is 0 Å². The van der Waals surface area contributed by atoms with E-state index < -0.39 is 0 Å². The molecule has 0 bridgehead atoms. The van der Waals surface area contributed by atoms with E-state index in [0.717, 1.165) is 30.5 Å². The normalized spacial score (nSPS) is 20.1. The van der Waals surface area contributed by atoms with Crippen molar-refractivity contribution in [2.45, 2.75) is 25.8 Å². The van der Waals surface area contributed by atoms with Gasteiger partial charge in [-0.2, -0.15) is 0 Å². The fourth-order valence-electron chi connectivity index (χ4n) is 2.21. The molecule has 1 aromatic rings. The lowest BCUT2D eigenvalue weighted by Gasteiger charge is -2.32. The number of rotatable bonds is 3. The Morgan fingerprint density at radius 3 is 2.94 bits per heavy atom. The summed E-state index contributed by atoms with van der Waals surface area (Å²) in [5.74, 6) is 2.68. The lowest BCUT2D eigenvalue weighted by molar-refractivity contribution is 0.443. The van der Waals surface area contributed by atoms with Gasteiger partial charge in [-0.15, -0.1) is 0 Å². The number of nitrogens with one attached hydrogen (secondary N) is 2. The van der Waals surface area contributed by atoms with E-state index in [1.54, 1.807) is 0 Å². The Morgan fingerprint density at radius 1 is 1.47 bits per heavy atom. The topological polar surface area (TPSA) is 53.1 Å². The van der Waals surface area contributed by atoms with Gasteiger partial charge in [0.05, 0.1) is 0 Å². The molecule has 0 aromatic carbocycles. The summed E-state index contributed by atoms with van der Waals surface area (Å²) in [4.78, 5) is 11.1. The van der Waals surface area contributed by atoms with Crippen LogP contribution in [0.5, 0.6) is 0 Å². The fraction of sp³-hybridized carbons (Fsp3) is 0.667. The van der Waals surface area contributed by atoms with Crippen LogP contribution in [0.25, 0.3) is 0 Å². The molecule has 0 amide bonds. The third kappa shape index (κ3) is 2.85. The second kappa shape index (κ2) is 5.31. The van der Waals surface area contributed by atoms with Gasteiger partial charge in [0.25, 0.3) is 0 Å². The Labute approximate surface area is 103 Å². The molecular weight excluding hydrogens is 214 g/mol. The predicted octanol–water partition coefficient (Wildman–Crippen LogP) is 1.01. The first-order valence-electron chi connectivity index (χ1n) is 6.17. The molecule has 17 heavy (non-hydrogen) atoms. The quantitative estimate of drug-likeness (QED) is 0.819. The minimum absolute atomic E-state index is 0.530. The van der Waals surface area contributed by atoms with Crippen LogP contribution in [0.3, 0.4) is 0 Å².